The Balaban J connectivity index is 1.73. The molecule has 2 rings (SSSR count). The molecule has 0 bridgehead atoms. The Kier molecular flexibility index (Phi) is 7.40. The van der Waals surface area contributed by atoms with Crippen LogP contribution in [0.15, 0.2) is 58.1 Å². The standard InChI is InChI=1S/C18H24N4O2/c1-2-19-18(20-11-10-15-7-4-3-5-8-15)22-14-17(23)21-13-16-9-6-12-24-16/h3-9,12H,2,10-11,13-14H2,1H3,(H,21,23)(H2,19,20,22). The Bertz CT molecular complexity index is 624. The molecule has 0 aliphatic carbocycles. The number of hydrogen-bond donors (Lipinski definition) is 3. The largest absolute Gasteiger partial charge is 0.467 e. The summed E-state index contributed by atoms with van der Waals surface area (Å²) in [5, 5.41) is 9.14. The molecule has 0 spiro atoms. The van der Waals surface area contributed by atoms with Crippen LogP contribution >= 0.6 is 0 Å². The molecule has 1 aromatic carbocycles. The minimum Gasteiger partial charge on any atom is -0.467 e. The van der Waals surface area contributed by atoms with Crippen molar-refractivity contribution in [2.45, 2.75) is 19.9 Å². The van der Waals surface area contributed by atoms with Crippen LogP contribution in [0.1, 0.15) is 18.2 Å². The van der Waals surface area contributed by atoms with Gasteiger partial charge in [0.15, 0.2) is 5.96 Å². The molecule has 6 heteroatoms. The van der Waals surface area contributed by atoms with Gasteiger partial charge in [-0.05, 0) is 31.0 Å². The topological polar surface area (TPSA) is 78.7 Å². The van der Waals surface area contributed by atoms with Crippen molar-refractivity contribution in [3.8, 4) is 0 Å². The van der Waals surface area contributed by atoms with Gasteiger partial charge in [0.05, 0.1) is 12.8 Å². The Hall–Kier alpha value is -2.76. The Morgan fingerprint density at radius 2 is 1.92 bits per heavy atom. The van der Waals surface area contributed by atoms with Crippen molar-refractivity contribution in [2.24, 2.45) is 4.99 Å². The SMILES string of the molecule is CCNC(=NCC(=O)NCc1ccco1)NCCc1ccccc1. The molecule has 1 amide bonds. The fourth-order valence-corrected chi connectivity index (χ4v) is 2.12. The molecular formula is C18H24N4O2. The summed E-state index contributed by atoms with van der Waals surface area (Å²) < 4.78 is 5.17. The van der Waals surface area contributed by atoms with Crippen LogP contribution in [0.4, 0.5) is 0 Å². The lowest BCUT2D eigenvalue weighted by atomic mass is 10.1. The van der Waals surface area contributed by atoms with Crippen LogP contribution in [0, 0.1) is 0 Å². The van der Waals surface area contributed by atoms with E-state index in [0.29, 0.717) is 12.5 Å². The fraction of sp³-hybridized carbons (Fsp3) is 0.333. The second-order valence-electron chi connectivity index (χ2n) is 5.21. The molecule has 3 N–H and O–H groups in total. The summed E-state index contributed by atoms with van der Waals surface area (Å²) in [5.74, 6) is 1.22. The van der Waals surface area contributed by atoms with Gasteiger partial charge in [-0.1, -0.05) is 30.3 Å². The van der Waals surface area contributed by atoms with E-state index in [-0.39, 0.29) is 12.5 Å². The Labute approximate surface area is 142 Å². The molecule has 0 aliphatic rings. The zero-order valence-corrected chi connectivity index (χ0v) is 13.9. The molecule has 1 aromatic heterocycles. The first kappa shape index (κ1) is 17.6. The first-order valence-electron chi connectivity index (χ1n) is 8.13. The van der Waals surface area contributed by atoms with E-state index in [4.69, 9.17) is 4.42 Å². The van der Waals surface area contributed by atoms with Crippen LogP contribution in [-0.2, 0) is 17.8 Å². The van der Waals surface area contributed by atoms with Gasteiger partial charge in [-0.3, -0.25) is 4.79 Å². The van der Waals surface area contributed by atoms with Crippen LogP contribution in [0.5, 0.6) is 0 Å². The number of nitrogens with one attached hydrogen (secondary N) is 3. The average molecular weight is 328 g/mol. The highest BCUT2D eigenvalue weighted by atomic mass is 16.3. The van der Waals surface area contributed by atoms with Crippen LogP contribution in [0.3, 0.4) is 0 Å². The van der Waals surface area contributed by atoms with Gasteiger partial charge in [0.2, 0.25) is 5.91 Å². The number of aliphatic imine (C=N–C) groups is 1. The third kappa shape index (κ3) is 6.56. The molecular weight excluding hydrogens is 304 g/mol. The van der Waals surface area contributed by atoms with E-state index in [9.17, 15) is 4.79 Å². The maximum absolute atomic E-state index is 11.8. The second kappa shape index (κ2) is 10.1. The van der Waals surface area contributed by atoms with Gasteiger partial charge in [0.1, 0.15) is 12.3 Å². The number of carbonyl (C=O) groups is 1. The van der Waals surface area contributed by atoms with Crippen LogP contribution < -0.4 is 16.0 Å². The van der Waals surface area contributed by atoms with Crippen molar-refractivity contribution in [2.75, 3.05) is 19.6 Å². The molecule has 2 aromatic rings. The highest BCUT2D eigenvalue weighted by Crippen LogP contribution is 1.99. The van der Waals surface area contributed by atoms with Crippen LogP contribution in [0.25, 0.3) is 0 Å². The van der Waals surface area contributed by atoms with Crippen molar-refractivity contribution in [1.29, 1.82) is 0 Å². The number of benzene rings is 1. The second-order valence-corrected chi connectivity index (χ2v) is 5.21. The molecule has 0 fully saturated rings. The third-order valence-corrected chi connectivity index (χ3v) is 3.31. The molecule has 0 atom stereocenters. The van der Waals surface area contributed by atoms with E-state index in [0.717, 1.165) is 25.3 Å². The highest BCUT2D eigenvalue weighted by Gasteiger charge is 2.03. The predicted octanol–water partition coefficient (Wildman–Crippen LogP) is 1.69. The lowest BCUT2D eigenvalue weighted by Crippen LogP contribution is -2.39. The molecule has 0 unspecified atom stereocenters. The van der Waals surface area contributed by atoms with Gasteiger partial charge in [-0.15, -0.1) is 0 Å². The molecule has 1 heterocycles. The monoisotopic (exact) mass is 328 g/mol. The first-order chi connectivity index (χ1) is 11.8. The minimum absolute atomic E-state index is 0.0708. The number of carbonyl (C=O) groups excluding carboxylic acids is 1. The average Bonchev–Trinajstić information content (AvgIpc) is 3.12. The van der Waals surface area contributed by atoms with Gasteiger partial charge >= 0.3 is 0 Å². The smallest absolute Gasteiger partial charge is 0.242 e. The normalized spacial score (nSPS) is 11.1. The molecule has 128 valence electrons. The maximum Gasteiger partial charge on any atom is 0.242 e. The minimum atomic E-state index is -0.147. The van der Waals surface area contributed by atoms with Gasteiger partial charge in [-0.25, -0.2) is 4.99 Å². The Morgan fingerprint density at radius 3 is 2.62 bits per heavy atom. The summed E-state index contributed by atoms with van der Waals surface area (Å²) in [6.45, 7) is 3.93. The summed E-state index contributed by atoms with van der Waals surface area (Å²) >= 11 is 0. The Morgan fingerprint density at radius 1 is 1.08 bits per heavy atom. The third-order valence-electron chi connectivity index (χ3n) is 3.31. The summed E-state index contributed by atoms with van der Waals surface area (Å²) in [4.78, 5) is 16.1. The number of nitrogens with zero attached hydrogens (tertiary/aromatic N) is 1. The highest BCUT2D eigenvalue weighted by molar-refractivity contribution is 5.84. The molecule has 0 saturated heterocycles. The predicted molar refractivity (Wildman–Crippen MR) is 94.7 cm³/mol. The van der Waals surface area contributed by atoms with E-state index >= 15 is 0 Å². The van der Waals surface area contributed by atoms with E-state index in [2.05, 4.69) is 33.1 Å². The summed E-state index contributed by atoms with van der Waals surface area (Å²) in [5.41, 5.74) is 1.26. The number of amides is 1. The molecule has 0 radical (unpaired) electrons. The zero-order valence-electron chi connectivity index (χ0n) is 13.9. The lowest BCUT2D eigenvalue weighted by molar-refractivity contribution is -0.119. The number of rotatable bonds is 8. The van der Waals surface area contributed by atoms with Crippen LogP contribution in [-0.4, -0.2) is 31.5 Å². The van der Waals surface area contributed by atoms with Crippen molar-refractivity contribution in [3.63, 3.8) is 0 Å². The van der Waals surface area contributed by atoms with E-state index in [1.54, 1.807) is 12.3 Å². The fourth-order valence-electron chi connectivity index (χ4n) is 2.12. The van der Waals surface area contributed by atoms with Crippen molar-refractivity contribution < 1.29 is 9.21 Å². The number of furan rings is 1. The molecule has 6 nitrogen and oxygen atoms in total. The van der Waals surface area contributed by atoms with Gasteiger partial charge in [0.25, 0.3) is 0 Å². The van der Waals surface area contributed by atoms with Gasteiger partial charge in [-0.2, -0.15) is 0 Å². The van der Waals surface area contributed by atoms with Crippen molar-refractivity contribution in [3.05, 3.63) is 60.1 Å². The van der Waals surface area contributed by atoms with Crippen LogP contribution in [0.2, 0.25) is 0 Å². The van der Waals surface area contributed by atoms with E-state index in [1.165, 1.54) is 5.56 Å². The number of guanidine groups is 1. The van der Waals surface area contributed by atoms with Gasteiger partial charge < -0.3 is 20.4 Å². The first-order valence-corrected chi connectivity index (χ1v) is 8.13. The zero-order chi connectivity index (χ0) is 17.0. The van der Waals surface area contributed by atoms with E-state index in [1.807, 2.05) is 31.2 Å². The lowest BCUT2D eigenvalue weighted by Gasteiger charge is -2.11. The summed E-state index contributed by atoms with van der Waals surface area (Å²) in [6.07, 6.45) is 2.48. The van der Waals surface area contributed by atoms with E-state index < -0.39 is 0 Å². The molecule has 0 saturated carbocycles. The maximum atomic E-state index is 11.8. The van der Waals surface area contributed by atoms with Crippen molar-refractivity contribution in [1.82, 2.24) is 16.0 Å². The quantitative estimate of drug-likeness (QED) is 0.509. The summed E-state index contributed by atoms with van der Waals surface area (Å²) in [6, 6.07) is 13.8. The van der Waals surface area contributed by atoms with Gasteiger partial charge in [0, 0.05) is 13.1 Å². The summed E-state index contributed by atoms with van der Waals surface area (Å²) in [7, 11) is 0. The van der Waals surface area contributed by atoms with Crippen molar-refractivity contribution >= 4 is 11.9 Å². The number of hydrogen-bond acceptors (Lipinski definition) is 3. The molecule has 0 aliphatic heterocycles. The molecule has 24 heavy (non-hydrogen) atoms.